The molecule has 0 aliphatic carbocycles. The average Bonchev–Trinajstić information content (AvgIpc) is 3.99. The predicted molar refractivity (Wildman–Crippen MR) is 294 cm³/mol. The van der Waals surface area contributed by atoms with Gasteiger partial charge in [0.25, 0.3) is 0 Å². The minimum atomic E-state index is 1.08. The van der Waals surface area contributed by atoms with Crippen LogP contribution >= 0.6 is 22.7 Å². The number of aromatic nitrogens is 1. The first-order valence-corrected chi connectivity index (χ1v) is 24.7. The number of rotatable bonds is 8. The van der Waals surface area contributed by atoms with E-state index in [2.05, 4.69) is 237 Å². The Balaban J connectivity index is 0.905. The Bertz CT molecular complexity index is 3740. The molecular formula is C65H41NS2. The fourth-order valence-corrected chi connectivity index (χ4v) is 12.3. The van der Waals surface area contributed by atoms with Crippen LogP contribution in [-0.4, -0.2) is 4.98 Å². The quantitative estimate of drug-likeness (QED) is 0.148. The zero-order valence-electron chi connectivity index (χ0n) is 36.9. The summed E-state index contributed by atoms with van der Waals surface area (Å²) in [5, 5.41) is 5.15. The second kappa shape index (κ2) is 16.9. The maximum Gasteiger partial charge on any atom is 0.0434 e. The van der Waals surface area contributed by atoms with E-state index in [1.165, 1.54) is 107 Å². The Morgan fingerprint density at radius 2 is 0.544 bits per heavy atom. The molecule has 3 aromatic heterocycles. The summed E-state index contributed by atoms with van der Waals surface area (Å²) in [7, 11) is 0. The first kappa shape index (κ1) is 40.1. The van der Waals surface area contributed by atoms with Crippen LogP contribution in [-0.2, 0) is 0 Å². The van der Waals surface area contributed by atoms with Gasteiger partial charge >= 0.3 is 0 Å². The maximum atomic E-state index is 4.88. The minimum Gasteiger partial charge on any atom is -0.263 e. The first-order valence-electron chi connectivity index (χ1n) is 23.1. The molecule has 13 aromatic rings. The molecular weight excluding hydrogens is 859 g/mol. The molecule has 0 N–H and O–H groups in total. The maximum absolute atomic E-state index is 4.88. The molecule has 0 radical (unpaired) electrons. The van der Waals surface area contributed by atoms with Gasteiger partial charge in [0, 0.05) is 75.0 Å². The highest BCUT2D eigenvalue weighted by Gasteiger charge is 2.18. The Morgan fingerprint density at radius 1 is 0.221 bits per heavy atom. The summed E-state index contributed by atoms with van der Waals surface area (Å²) in [6.45, 7) is 0. The van der Waals surface area contributed by atoms with Crippen molar-refractivity contribution in [3.05, 3.63) is 249 Å². The van der Waals surface area contributed by atoms with E-state index in [-0.39, 0.29) is 0 Å². The first-order chi connectivity index (χ1) is 33.7. The largest absolute Gasteiger partial charge is 0.263 e. The molecule has 0 unspecified atom stereocenters. The molecule has 0 bridgehead atoms. The standard InChI is InChI=1S/C65H41NS2/c1-5-15-42(16-6-1)48-27-29-62-58(34-48)60-38-52(44-19-9-3-10-20-44)36-56(64(60)67-62)50-25-13-23-46(31-50)54-33-55(41-66-40-54)47-24-14-26-51(32-47)57-37-53(45-21-11-4-12-22-45)39-61-59-35-49(43-17-7-2-8-18-43)28-30-63(59)68-65(57)61/h1-41H. The monoisotopic (exact) mass is 899 g/mol. The number of hydrogen-bond acceptors (Lipinski definition) is 3. The highest BCUT2D eigenvalue weighted by molar-refractivity contribution is 7.26. The van der Waals surface area contributed by atoms with Crippen LogP contribution in [0.5, 0.6) is 0 Å². The van der Waals surface area contributed by atoms with Gasteiger partial charge < -0.3 is 0 Å². The molecule has 0 saturated heterocycles. The molecule has 3 heterocycles. The second-order valence-corrected chi connectivity index (χ2v) is 19.6. The van der Waals surface area contributed by atoms with Gasteiger partial charge in [-0.25, -0.2) is 0 Å². The van der Waals surface area contributed by atoms with Crippen molar-refractivity contribution in [3.63, 3.8) is 0 Å². The summed E-state index contributed by atoms with van der Waals surface area (Å²) in [5.41, 5.74) is 19.1. The SMILES string of the molecule is c1ccc(-c2ccc3sc4c(-c5cccc(-c6cncc(-c7cccc(-c8cc(-c9ccccc9)cc9c8sc8ccc(-c%10ccccc%10)cc89)c7)c6)c5)cc(-c5ccccc5)cc4c3c2)cc1. The number of nitrogens with zero attached hydrogens (tertiary/aromatic N) is 1. The topological polar surface area (TPSA) is 12.9 Å². The summed E-state index contributed by atoms with van der Waals surface area (Å²) in [4.78, 5) is 4.88. The number of benzene rings is 10. The Morgan fingerprint density at radius 3 is 0.956 bits per heavy atom. The van der Waals surface area contributed by atoms with Crippen LogP contribution in [0.1, 0.15) is 0 Å². The van der Waals surface area contributed by atoms with Crippen LogP contribution in [0, 0.1) is 0 Å². The number of fused-ring (bicyclic) bond motifs is 6. The molecule has 0 fully saturated rings. The van der Waals surface area contributed by atoms with Gasteiger partial charge in [0.15, 0.2) is 0 Å². The lowest BCUT2D eigenvalue weighted by Crippen LogP contribution is -1.88. The van der Waals surface area contributed by atoms with Crippen LogP contribution in [0.4, 0.5) is 0 Å². The van der Waals surface area contributed by atoms with E-state index in [0.29, 0.717) is 0 Å². The van der Waals surface area contributed by atoms with E-state index in [9.17, 15) is 0 Å². The molecule has 0 spiro atoms. The van der Waals surface area contributed by atoms with E-state index >= 15 is 0 Å². The van der Waals surface area contributed by atoms with Crippen molar-refractivity contribution in [2.45, 2.75) is 0 Å². The van der Waals surface area contributed by atoms with Gasteiger partial charge in [-0.05, 0) is 133 Å². The summed E-state index contributed by atoms with van der Waals surface area (Å²) in [6, 6.07) is 86.6. The highest BCUT2D eigenvalue weighted by atomic mass is 32.1. The summed E-state index contributed by atoms with van der Waals surface area (Å²) < 4.78 is 5.18. The summed E-state index contributed by atoms with van der Waals surface area (Å²) >= 11 is 3.76. The van der Waals surface area contributed by atoms with E-state index < -0.39 is 0 Å². The lowest BCUT2D eigenvalue weighted by Gasteiger charge is -2.12. The second-order valence-electron chi connectivity index (χ2n) is 17.5. The van der Waals surface area contributed by atoms with Crippen LogP contribution in [0.3, 0.4) is 0 Å². The molecule has 0 amide bonds. The third kappa shape index (κ3) is 7.30. The van der Waals surface area contributed by atoms with Crippen molar-refractivity contribution in [3.8, 4) is 89.0 Å². The molecule has 1 nitrogen and oxygen atoms in total. The third-order valence-corrected chi connectivity index (χ3v) is 15.8. The number of pyridine rings is 1. The molecule has 0 saturated carbocycles. The van der Waals surface area contributed by atoms with Gasteiger partial charge in [-0.3, -0.25) is 4.98 Å². The zero-order valence-corrected chi connectivity index (χ0v) is 38.6. The fourth-order valence-electron chi connectivity index (χ4n) is 9.89. The molecule has 0 aliphatic heterocycles. The lowest BCUT2D eigenvalue weighted by molar-refractivity contribution is 1.33. The molecule has 68 heavy (non-hydrogen) atoms. The van der Waals surface area contributed by atoms with Crippen molar-refractivity contribution < 1.29 is 0 Å². The Kier molecular flexibility index (Phi) is 9.96. The summed E-state index contributed by atoms with van der Waals surface area (Å²) in [5.74, 6) is 0. The normalized spacial score (nSPS) is 11.5. The smallest absolute Gasteiger partial charge is 0.0434 e. The van der Waals surface area contributed by atoms with E-state index in [0.717, 1.165) is 22.3 Å². The predicted octanol–water partition coefficient (Wildman–Crippen LogP) is 19.2. The van der Waals surface area contributed by atoms with Crippen molar-refractivity contribution in [1.29, 1.82) is 0 Å². The molecule has 13 rings (SSSR count). The number of thiophene rings is 2. The van der Waals surface area contributed by atoms with Gasteiger partial charge in [-0.1, -0.05) is 170 Å². The molecule has 0 atom stereocenters. The van der Waals surface area contributed by atoms with Gasteiger partial charge in [-0.2, -0.15) is 0 Å². The minimum absolute atomic E-state index is 1.08. The van der Waals surface area contributed by atoms with E-state index in [1.807, 2.05) is 35.1 Å². The molecule has 318 valence electrons. The van der Waals surface area contributed by atoms with E-state index in [1.54, 1.807) is 0 Å². The van der Waals surface area contributed by atoms with Gasteiger partial charge in [0.2, 0.25) is 0 Å². The number of hydrogen-bond donors (Lipinski definition) is 0. The average molecular weight is 900 g/mol. The molecule has 3 heteroatoms. The van der Waals surface area contributed by atoms with Crippen LogP contribution in [0.15, 0.2) is 249 Å². The van der Waals surface area contributed by atoms with Gasteiger partial charge in [-0.15, -0.1) is 22.7 Å². The van der Waals surface area contributed by atoms with Crippen LogP contribution in [0.2, 0.25) is 0 Å². The highest BCUT2D eigenvalue weighted by Crippen LogP contribution is 2.46. The van der Waals surface area contributed by atoms with Crippen molar-refractivity contribution in [2.24, 2.45) is 0 Å². The molecule has 0 aliphatic rings. The summed E-state index contributed by atoms with van der Waals surface area (Å²) in [6.07, 6.45) is 4.00. The zero-order chi connectivity index (χ0) is 45.0. The van der Waals surface area contributed by atoms with Gasteiger partial charge in [0.1, 0.15) is 0 Å². The molecule has 10 aromatic carbocycles. The Labute approximate surface area is 403 Å². The Hall–Kier alpha value is -8.21. The van der Waals surface area contributed by atoms with Crippen LogP contribution < -0.4 is 0 Å². The van der Waals surface area contributed by atoms with Gasteiger partial charge in [0.05, 0.1) is 0 Å². The third-order valence-electron chi connectivity index (χ3n) is 13.3. The van der Waals surface area contributed by atoms with Crippen LogP contribution in [0.25, 0.3) is 129 Å². The fraction of sp³-hybridized carbons (Fsp3) is 0. The van der Waals surface area contributed by atoms with Crippen molar-refractivity contribution in [1.82, 2.24) is 4.98 Å². The van der Waals surface area contributed by atoms with Crippen molar-refractivity contribution in [2.75, 3.05) is 0 Å². The van der Waals surface area contributed by atoms with E-state index in [4.69, 9.17) is 4.98 Å². The van der Waals surface area contributed by atoms with Crippen molar-refractivity contribution >= 4 is 63.0 Å². The lowest BCUT2D eigenvalue weighted by atomic mass is 9.93.